The Bertz CT molecular complexity index is 431. The maximum Gasteiger partial charge on any atom is 0.163 e. The number of hydrogen-bond donors (Lipinski definition) is 2. The van der Waals surface area contributed by atoms with Crippen LogP contribution < -0.4 is 4.90 Å². The van der Waals surface area contributed by atoms with E-state index in [1.54, 1.807) is 12.1 Å². The number of phenols is 1. The molecule has 1 atom stereocenters. The number of Topliss-reactive ketones (excluding diaryl/α,β-unsaturated/α-hetero) is 1. The summed E-state index contributed by atoms with van der Waals surface area (Å²) in [5.41, 5.74) is 1.21. The molecule has 0 aliphatic carbocycles. The minimum absolute atomic E-state index is 0.0126. The van der Waals surface area contributed by atoms with Crippen LogP contribution in [0.3, 0.4) is 0 Å². The van der Waals surface area contributed by atoms with Crippen molar-refractivity contribution in [3.05, 3.63) is 23.8 Å². The molecule has 1 saturated heterocycles. The van der Waals surface area contributed by atoms with Gasteiger partial charge in [-0.2, -0.15) is 0 Å². The monoisotopic (exact) mass is 235 g/mol. The van der Waals surface area contributed by atoms with Gasteiger partial charge in [0, 0.05) is 18.3 Å². The lowest BCUT2D eigenvalue weighted by molar-refractivity contribution is 0.101. The first-order valence-electron chi connectivity index (χ1n) is 5.85. The van der Waals surface area contributed by atoms with Crippen LogP contribution in [0.2, 0.25) is 0 Å². The summed E-state index contributed by atoms with van der Waals surface area (Å²) in [4.78, 5) is 13.3. The van der Waals surface area contributed by atoms with Crippen molar-refractivity contribution >= 4 is 11.5 Å². The lowest BCUT2D eigenvalue weighted by Gasteiger charge is -2.25. The number of aliphatic hydroxyl groups is 1. The molecule has 1 heterocycles. The first-order valence-corrected chi connectivity index (χ1v) is 5.85. The summed E-state index contributed by atoms with van der Waals surface area (Å²) in [6, 6.07) is 5.19. The van der Waals surface area contributed by atoms with E-state index in [-0.39, 0.29) is 24.2 Å². The van der Waals surface area contributed by atoms with Gasteiger partial charge in [-0.1, -0.05) is 0 Å². The Balaban J connectivity index is 2.28. The second kappa shape index (κ2) is 4.75. The molecular weight excluding hydrogens is 218 g/mol. The van der Waals surface area contributed by atoms with Crippen molar-refractivity contribution in [3.63, 3.8) is 0 Å². The van der Waals surface area contributed by atoms with Crippen molar-refractivity contribution in [2.45, 2.75) is 25.8 Å². The molecule has 1 unspecified atom stereocenters. The fraction of sp³-hybridized carbons (Fsp3) is 0.462. The molecule has 0 bridgehead atoms. The molecule has 1 aliphatic heterocycles. The van der Waals surface area contributed by atoms with E-state index in [0.717, 1.165) is 25.1 Å². The Morgan fingerprint density at radius 1 is 1.53 bits per heavy atom. The van der Waals surface area contributed by atoms with E-state index in [2.05, 4.69) is 4.90 Å². The fourth-order valence-corrected chi connectivity index (χ4v) is 2.36. The van der Waals surface area contributed by atoms with Gasteiger partial charge in [-0.3, -0.25) is 4.79 Å². The molecule has 1 fully saturated rings. The SMILES string of the molecule is CC(=O)c1ccc(N2CCCC2CO)cc1O. The Labute approximate surface area is 100 Å². The first kappa shape index (κ1) is 11.9. The molecule has 1 aromatic carbocycles. The molecule has 4 heteroatoms. The molecule has 2 N–H and O–H groups in total. The first-order chi connectivity index (χ1) is 8.13. The molecule has 1 aliphatic rings. The van der Waals surface area contributed by atoms with E-state index in [0.29, 0.717) is 5.56 Å². The van der Waals surface area contributed by atoms with Crippen molar-refractivity contribution in [1.29, 1.82) is 0 Å². The number of nitrogens with zero attached hydrogens (tertiary/aromatic N) is 1. The van der Waals surface area contributed by atoms with Gasteiger partial charge in [0.2, 0.25) is 0 Å². The third-order valence-electron chi connectivity index (χ3n) is 3.28. The molecule has 1 aromatic rings. The van der Waals surface area contributed by atoms with Crippen LogP contribution in [0, 0.1) is 0 Å². The van der Waals surface area contributed by atoms with Crippen molar-refractivity contribution in [1.82, 2.24) is 0 Å². The number of hydrogen-bond acceptors (Lipinski definition) is 4. The fourth-order valence-electron chi connectivity index (χ4n) is 2.36. The van der Waals surface area contributed by atoms with Crippen LogP contribution in [0.5, 0.6) is 5.75 Å². The largest absolute Gasteiger partial charge is 0.507 e. The normalized spacial score (nSPS) is 19.6. The summed E-state index contributed by atoms with van der Waals surface area (Å²) in [6.45, 7) is 2.43. The minimum atomic E-state index is -0.144. The average Bonchev–Trinajstić information content (AvgIpc) is 2.76. The molecule has 0 radical (unpaired) electrons. The minimum Gasteiger partial charge on any atom is -0.507 e. The second-order valence-electron chi connectivity index (χ2n) is 4.43. The summed E-state index contributed by atoms with van der Waals surface area (Å²) in [5, 5.41) is 19.0. The lowest BCUT2D eigenvalue weighted by atomic mass is 10.1. The number of rotatable bonds is 3. The quantitative estimate of drug-likeness (QED) is 0.780. The number of carbonyl (C=O) groups excluding carboxylic acids is 1. The number of aromatic hydroxyl groups is 1. The van der Waals surface area contributed by atoms with Gasteiger partial charge < -0.3 is 15.1 Å². The highest BCUT2D eigenvalue weighted by molar-refractivity contribution is 5.97. The van der Waals surface area contributed by atoms with Gasteiger partial charge in [0.1, 0.15) is 5.75 Å². The number of ketones is 1. The molecule has 92 valence electrons. The van der Waals surface area contributed by atoms with Gasteiger partial charge in [0.15, 0.2) is 5.78 Å². The molecule has 0 saturated carbocycles. The highest BCUT2D eigenvalue weighted by Crippen LogP contribution is 2.30. The van der Waals surface area contributed by atoms with Gasteiger partial charge in [-0.05, 0) is 31.9 Å². The van der Waals surface area contributed by atoms with Crippen molar-refractivity contribution in [2.24, 2.45) is 0 Å². The number of anilines is 1. The number of carbonyl (C=O) groups is 1. The number of benzene rings is 1. The van der Waals surface area contributed by atoms with Crippen LogP contribution in [0.25, 0.3) is 0 Å². The third-order valence-corrected chi connectivity index (χ3v) is 3.28. The van der Waals surface area contributed by atoms with E-state index in [1.807, 2.05) is 6.07 Å². The molecule has 4 nitrogen and oxygen atoms in total. The molecule has 0 spiro atoms. The topological polar surface area (TPSA) is 60.8 Å². The van der Waals surface area contributed by atoms with E-state index >= 15 is 0 Å². The molecule has 0 amide bonds. The third kappa shape index (κ3) is 2.26. The Morgan fingerprint density at radius 3 is 2.88 bits per heavy atom. The summed E-state index contributed by atoms with van der Waals surface area (Å²) in [6.07, 6.45) is 2.01. The predicted octanol–water partition coefficient (Wildman–Crippen LogP) is 1.56. The summed E-state index contributed by atoms with van der Waals surface area (Å²) in [5.74, 6) is -0.132. The Morgan fingerprint density at radius 2 is 2.29 bits per heavy atom. The van der Waals surface area contributed by atoms with E-state index in [9.17, 15) is 15.0 Å². The highest BCUT2D eigenvalue weighted by atomic mass is 16.3. The van der Waals surface area contributed by atoms with Gasteiger partial charge in [-0.25, -0.2) is 0 Å². The maximum atomic E-state index is 11.2. The van der Waals surface area contributed by atoms with Crippen LogP contribution in [-0.2, 0) is 0 Å². The van der Waals surface area contributed by atoms with Gasteiger partial charge in [-0.15, -0.1) is 0 Å². The van der Waals surface area contributed by atoms with Crippen molar-refractivity contribution in [2.75, 3.05) is 18.1 Å². The van der Waals surface area contributed by atoms with E-state index < -0.39 is 0 Å². The van der Waals surface area contributed by atoms with Gasteiger partial charge in [0.25, 0.3) is 0 Å². The smallest absolute Gasteiger partial charge is 0.163 e. The van der Waals surface area contributed by atoms with Crippen LogP contribution in [0.1, 0.15) is 30.1 Å². The summed E-state index contributed by atoms with van der Waals surface area (Å²) in [7, 11) is 0. The zero-order chi connectivity index (χ0) is 12.4. The lowest BCUT2D eigenvalue weighted by Crippen LogP contribution is -2.31. The second-order valence-corrected chi connectivity index (χ2v) is 4.43. The Hall–Kier alpha value is -1.55. The standard InChI is InChI=1S/C13H17NO3/c1-9(16)12-5-4-10(7-13(12)17)14-6-2-3-11(14)8-15/h4-5,7,11,15,17H,2-3,6,8H2,1H3. The van der Waals surface area contributed by atoms with Crippen LogP contribution in [0.15, 0.2) is 18.2 Å². The Kier molecular flexibility index (Phi) is 3.33. The molecule has 17 heavy (non-hydrogen) atoms. The summed E-state index contributed by atoms with van der Waals surface area (Å²) >= 11 is 0. The van der Waals surface area contributed by atoms with Crippen molar-refractivity contribution in [3.8, 4) is 5.75 Å². The highest BCUT2D eigenvalue weighted by Gasteiger charge is 2.24. The maximum absolute atomic E-state index is 11.2. The van der Waals surface area contributed by atoms with E-state index in [4.69, 9.17) is 0 Å². The number of phenolic OH excluding ortho intramolecular Hbond substituents is 1. The number of aliphatic hydroxyl groups excluding tert-OH is 1. The summed E-state index contributed by atoms with van der Waals surface area (Å²) < 4.78 is 0. The zero-order valence-corrected chi connectivity index (χ0v) is 9.89. The molecule has 0 aromatic heterocycles. The van der Waals surface area contributed by atoms with Crippen LogP contribution >= 0.6 is 0 Å². The van der Waals surface area contributed by atoms with E-state index in [1.165, 1.54) is 6.92 Å². The van der Waals surface area contributed by atoms with Gasteiger partial charge >= 0.3 is 0 Å². The average molecular weight is 235 g/mol. The molecule has 2 rings (SSSR count). The van der Waals surface area contributed by atoms with Crippen LogP contribution in [-0.4, -0.2) is 35.2 Å². The predicted molar refractivity (Wildman–Crippen MR) is 65.6 cm³/mol. The van der Waals surface area contributed by atoms with Crippen molar-refractivity contribution < 1.29 is 15.0 Å². The van der Waals surface area contributed by atoms with Crippen LogP contribution in [0.4, 0.5) is 5.69 Å². The zero-order valence-electron chi connectivity index (χ0n) is 9.89. The van der Waals surface area contributed by atoms with Gasteiger partial charge in [0.05, 0.1) is 18.2 Å². The molecular formula is C13H17NO3.